The van der Waals surface area contributed by atoms with Crippen molar-refractivity contribution in [3.63, 3.8) is 0 Å². The number of amidine groups is 1. The van der Waals surface area contributed by atoms with Gasteiger partial charge in [-0.3, -0.25) is 9.79 Å². The number of carbonyl (C=O) groups is 1. The smallest absolute Gasteiger partial charge is 0.227 e. The molecule has 1 saturated heterocycles. The predicted octanol–water partition coefficient (Wildman–Crippen LogP) is 0.779. The quantitative estimate of drug-likeness (QED) is 0.730. The van der Waals surface area contributed by atoms with E-state index in [0.717, 1.165) is 12.4 Å². The van der Waals surface area contributed by atoms with Crippen LogP contribution < -0.4 is 5.32 Å². The first-order valence-corrected chi connectivity index (χ1v) is 5.80. The van der Waals surface area contributed by atoms with Crippen LogP contribution in [-0.4, -0.2) is 42.3 Å². The fraction of sp³-hybridized carbons (Fsp3) is 0.818. The van der Waals surface area contributed by atoms with E-state index >= 15 is 0 Å². The molecule has 1 fully saturated rings. The largest absolute Gasteiger partial charge is 0.315 e. The third kappa shape index (κ3) is 3.02. The van der Waals surface area contributed by atoms with Gasteiger partial charge in [-0.25, -0.2) is 0 Å². The maximum atomic E-state index is 11.3. The molecule has 1 unspecified atom stereocenters. The molecule has 1 amide bonds. The van der Waals surface area contributed by atoms with Gasteiger partial charge in [0.1, 0.15) is 5.84 Å². The van der Waals surface area contributed by atoms with Crippen molar-refractivity contribution >= 4 is 11.7 Å². The Balaban J connectivity index is 1.87. The van der Waals surface area contributed by atoms with E-state index in [1.165, 1.54) is 32.4 Å². The molecule has 0 aromatic rings. The Hall–Kier alpha value is -0.900. The van der Waals surface area contributed by atoms with Gasteiger partial charge < -0.3 is 10.2 Å². The fourth-order valence-corrected chi connectivity index (χ4v) is 2.36. The number of likely N-dealkylation sites (tertiary alicyclic amines) is 1. The van der Waals surface area contributed by atoms with Gasteiger partial charge in [0, 0.05) is 6.54 Å². The Kier molecular flexibility index (Phi) is 3.36. The van der Waals surface area contributed by atoms with E-state index in [0.29, 0.717) is 6.42 Å². The molecule has 15 heavy (non-hydrogen) atoms. The highest BCUT2D eigenvalue weighted by atomic mass is 16.1. The average Bonchev–Trinajstić information content (AvgIpc) is 2.17. The van der Waals surface area contributed by atoms with Crippen LogP contribution in [0.5, 0.6) is 0 Å². The van der Waals surface area contributed by atoms with Gasteiger partial charge in [-0.2, -0.15) is 0 Å². The maximum Gasteiger partial charge on any atom is 0.227 e. The van der Waals surface area contributed by atoms with Crippen molar-refractivity contribution in [2.45, 2.75) is 38.6 Å². The van der Waals surface area contributed by atoms with E-state index in [-0.39, 0.29) is 11.9 Å². The molecule has 0 bridgehead atoms. The van der Waals surface area contributed by atoms with Crippen molar-refractivity contribution < 1.29 is 4.79 Å². The van der Waals surface area contributed by atoms with E-state index in [1.54, 1.807) is 0 Å². The lowest BCUT2D eigenvalue weighted by Gasteiger charge is -2.30. The van der Waals surface area contributed by atoms with Gasteiger partial charge in [-0.15, -0.1) is 0 Å². The lowest BCUT2D eigenvalue weighted by atomic mass is 10.1. The van der Waals surface area contributed by atoms with Crippen LogP contribution in [0.4, 0.5) is 0 Å². The predicted molar refractivity (Wildman–Crippen MR) is 59.9 cm³/mol. The number of hydrogen-bond acceptors (Lipinski definition) is 3. The highest BCUT2D eigenvalue weighted by molar-refractivity contribution is 5.99. The molecule has 2 rings (SSSR count). The Morgan fingerprint density at radius 2 is 2.13 bits per heavy atom. The summed E-state index contributed by atoms with van der Waals surface area (Å²) in [6.07, 6.45) is 4.49. The molecule has 0 saturated carbocycles. The van der Waals surface area contributed by atoms with E-state index in [1.807, 2.05) is 6.92 Å². The van der Waals surface area contributed by atoms with Crippen LogP contribution in [-0.2, 0) is 4.79 Å². The Labute approximate surface area is 90.7 Å². The van der Waals surface area contributed by atoms with E-state index in [9.17, 15) is 4.79 Å². The molecular weight excluding hydrogens is 190 g/mol. The van der Waals surface area contributed by atoms with Crippen molar-refractivity contribution in [2.24, 2.45) is 4.99 Å². The van der Waals surface area contributed by atoms with Crippen LogP contribution in [0.1, 0.15) is 32.6 Å². The first kappa shape index (κ1) is 10.6. The summed E-state index contributed by atoms with van der Waals surface area (Å²) >= 11 is 0. The SMILES string of the molecule is CC1=NC(CN2CCCCC2)CC(=O)N1. The van der Waals surface area contributed by atoms with E-state index in [4.69, 9.17) is 0 Å². The van der Waals surface area contributed by atoms with Gasteiger partial charge in [0.05, 0.1) is 12.5 Å². The van der Waals surface area contributed by atoms with Crippen LogP contribution >= 0.6 is 0 Å². The number of amides is 1. The maximum absolute atomic E-state index is 11.3. The van der Waals surface area contributed by atoms with Gasteiger partial charge in [0.2, 0.25) is 5.91 Å². The van der Waals surface area contributed by atoms with Crippen molar-refractivity contribution in [1.82, 2.24) is 10.2 Å². The molecule has 2 heterocycles. The topological polar surface area (TPSA) is 44.7 Å². The zero-order valence-electron chi connectivity index (χ0n) is 9.33. The molecule has 0 radical (unpaired) electrons. The molecule has 0 aliphatic carbocycles. The Morgan fingerprint density at radius 3 is 2.80 bits per heavy atom. The Bertz CT molecular complexity index is 269. The Morgan fingerprint density at radius 1 is 1.40 bits per heavy atom. The summed E-state index contributed by atoms with van der Waals surface area (Å²) in [7, 11) is 0. The summed E-state index contributed by atoms with van der Waals surface area (Å²) in [5.74, 6) is 0.887. The van der Waals surface area contributed by atoms with Crippen LogP contribution in [0.25, 0.3) is 0 Å². The van der Waals surface area contributed by atoms with Gasteiger partial charge in [-0.05, 0) is 32.9 Å². The van der Waals surface area contributed by atoms with Gasteiger partial charge in [-0.1, -0.05) is 6.42 Å². The van der Waals surface area contributed by atoms with Crippen LogP contribution in [0.2, 0.25) is 0 Å². The number of piperidine rings is 1. The second-order valence-corrected chi connectivity index (χ2v) is 4.48. The summed E-state index contributed by atoms with van der Waals surface area (Å²) in [6, 6.07) is 0.178. The van der Waals surface area contributed by atoms with Crippen LogP contribution in [0, 0.1) is 0 Å². The summed E-state index contributed by atoms with van der Waals surface area (Å²) < 4.78 is 0. The number of nitrogens with one attached hydrogen (secondary N) is 1. The molecule has 0 aromatic heterocycles. The highest BCUT2D eigenvalue weighted by Crippen LogP contribution is 2.12. The van der Waals surface area contributed by atoms with Gasteiger partial charge >= 0.3 is 0 Å². The third-order valence-corrected chi connectivity index (χ3v) is 3.04. The molecule has 84 valence electrons. The zero-order chi connectivity index (χ0) is 10.7. The number of nitrogens with zero attached hydrogens (tertiary/aromatic N) is 2. The van der Waals surface area contributed by atoms with Crippen molar-refractivity contribution in [3.05, 3.63) is 0 Å². The highest BCUT2D eigenvalue weighted by Gasteiger charge is 2.22. The van der Waals surface area contributed by atoms with E-state index in [2.05, 4.69) is 15.2 Å². The average molecular weight is 209 g/mol. The van der Waals surface area contributed by atoms with Gasteiger partial charge in [0.15, 0.2) is 0 Å². The lowest BCUT2D eigenvalue weighted by molar-refractivity contribution is -0.120. The van der Waals surface area contributed by atoms with Crippen LogP contribution in [0.15, 0.2) is 4.99 Å². The van der Waals surface area contributed by atoms with Crippen molar-refractivity contribution in [3.8, 4) is 0 Å². The van der Waals surface area contributed by atoms with Crippen LogP contribution in [0.3, 0.4) is 0 Å². The second kappa shape index (κ2) is 4.75. The van der Waals surface area contributed by atoms with E-state index < -0.39 is 0 Å². The molecule has 4 nitrogen and oxygen atoms in total. The number of aliphatic imine (C=N–C) groups is 1. The monoisotopic (exact) mass is 209 g/mol. The normalized spacial score (nSPS) is 28.5. The first-order valence-electron chi connectivity index (χ1n) is 5.80. The summed E-state index contributed by atoms with van der Waals surface area (Å²) in [5, 5.41) is 2.74. The molecular formula is C11H19N3O. The minimum atomic E-state index is 0.115. The fourth-order valence-electron chi connectivity index (χ4n) is 2.36. The van der Waals surface area contributed by atoms with Crippen molar-refractivity contribution in [2.75, 3.05) is 19.6 Å². The zero-order valence-corrected chi connectivity index (χ0v) is 9.33. The van der Waals surface area contributed by atoms with Gasteiger partial charge in [0.25, 0.3) is 0 Å². The first-order chi connectivity index (χ1) is 7.24. The summed E-state index contributed by atoms with van der Waals surface area (Å²) in [5.41, 5.74) is 0. The number of hydrogen-bond donors (Lipinski definition) is 1. The minimum absolute atomic E-state index is 0.115. The molecule has 2 aliphatic rings. The molecule has 0 spiro atoms. The summed E-state index contributed by atoms with van der Waals surface area (Å²) in [4.78, 5) is 18.2. The minimum Gasteiger partial charge on any atom is -0.315 e. The molecule has 1 atom stereocenters. The molecule has 4 heteroatoms. The molecule has 0 aromatic carbocycles. The number of carbonyl (C=O) groups excluding carboxylic acids is 1. The number of rotatable bonds is 2. The lowest BCUT2D eigenvalue weighted by Crippen LogP contribution is -2.43. The summed E-state index contributed by atoms with van der Waals surface area (Å²) in [6.45, 7) is 5.16. The second-order valence-electron chi connectivity index (χ2n) is 4.48. The van der Waals surface area contributed by atoms with Crippen molar-refractivity contribution in [1.29, 1.82) is 0 Å². The molecule has 2 aliphatic heterocycles. The molecule has 1 N–H and O–H groups in total. The third-order valence-electron chi connectivity index (χ3n) is 3.04. The standard InChI is InChI=1S/C11H19N3O/c1-9-12-10(7-11(15)13-9)8-14-5-3-2-4-6-14/h10H,2-8H2,1H3,(H,12,13,15).